The summed E-state index contributed by atoms with van der Waals surface area (Å²) in [7, 11) is 0. The number of carbonyl (C=O) groups excluding carboxylic acids is 1. The van der Waals surface area contributed by atoms with Crippen LogP contribution in [-0.2, 0) is 16.0 Å². The monoisotopic (exact) mass is 438 g/mol. The van der Waals surface area contributed by atoms with Crippen molar-refractivity contribution in [2.45, 2.75) is 32.9 Å². The Kier molecular flexibility index (Phi) is 9.77. The van der Waals surface area contributed by atoms with Crippen LogP contribution in [0.5, 0.6) is 0 Å². The van der Waals surface area contributed by atoms with Gasteiger partial charge in [0.2, 0.25) is 5.91 Å². The fourth-order valence-electron chi connectivity index (χ4n) is 2.17. The van der Waals surface area contributed by atoms with Gasteiger partial charge in [0.05, 0.1) is 19.0 Å². The first kappa shape index (κ1) is 24.3. The van der Waals surface area contributed by atoms with Gasteiger partial charge in [-0.1, -0.05) is 22.8 Å². The third-order valence-electron chi connectivity index (χ3n) is 3.61. The molecule has 0 saturated heterocycles. The smallest absolute Gasteiger partial charge is 0.393 e. The number of nitrogens with zero attached hydrogens (tertiary/aromatic N) is 4. The number of hydrogen-bond donors (Lipinski definition) is 0. The molecule has 1 rings (SSSR count). The Labute approximate surface area is 169 Å². The van der Waals surface area contributed by atoms with Crippen molar-refractivity contribution in [2.24, 2.45) is 4.99 Å². The van der Waals surface area contributed by atoms with E-state index >= 15 is 0 Å². The Balaban J connectivity index is 2.79. The summed E-state index contributed by atoms with van der Waals surface area (Å²) >= 11 is 4.42. The first-order valence-electron chi connectivity index (χ1n) is 8.36. The van der Waals surface area contributed by atoms with Crippen LogP contribution in [0.15, 0.2) is 29.5 Å². The number of alkyl halides is 3. The van der Waals surface area contributed by atoms with Crippen LogP contribution >= 0.6 is 11.6 Å². The van der Waals surface area contributed by atoms with Gasteiger partial charge in [0.25, 0.3) is 0 Å². The lowest BCUT2D eigenvalue weighted by molar-refractivity contribution is -0.129. The van der Waals surface area contributed by atoms with E-state index in [-0.39, 0.29) is 29.8 Å². The number of allylic oxidation sites excluding steroid dienone is 3. The molecule has 0 aromatic carbocycles. The maximum Gasteiger partial charge on any atom is 0.393 e. The van der Waals surface area contributed by atoms with E-state index in [1.54, 1.807) is 32.2 Å². The standard InChI is InChI=1S/C17H22ClF3N4O2S/c1-4-24(15(26)7-10-28(27)11-8-17(19,20)21)14-12-25(23-16(14)18)13(2)6-5-9-22-3/h5-6,9,12H,3-4,7-8,10-11H2,1-2H3/b9-5-,13-6+. The largest absolute Gasteiger partial charge is 0.616 e. The van der Waals surface area contributed by atoms with Crippen LogP contribution in [0.3, 0.4) is 0 Å². The number of amides is 1. The molecular weight excluding hydrogens is 417 g/mol. The number of carbonyl (C=O) groups is 1. The van der Waals surface area contributed by atoms with Crippen molar-refractivity contribution in [3.8, 4) is 0 Å². The average molecular weight is 439 g/mol. The molecule has 6 nitrogen and oxygen atoms in total. The third-order valence-corrected chi connectivity index (χ3v) is 5.19. The minimum atomic E-state index is -4.36. The highest BCUT2D eigenvalue weighted by molar-refractivity contribution is 7.91. The summed E-state index contributed by atoms with van der Waals surface area (Å²) in [6.45, 7) is 7.11. The number of aromatic nitrogens is 2. The van der Waals surface area contributed by atoms with E-state index in [2.05, 4.69) is 16.8 Å². The van der Waals surface area contributed by atoms with Crippen molar-refractivity contribution < 1.29 is 22.5 Å². The van der Waals surface area contributed by atoms with Crippen molar-refractivity contribution in [3.05, 3.63) is 29.7 Å². The fraction of sp³-hybridized carbons (Fsp3) is 0.471. The van der Waals surface area contributed by atoms with E-state index in [0.717, 1.165) is 0 Å². The summed E-state index contributed by atoms with van der Waals surface area (Å²) in [5.74, 6) is -1.05. The molecule has 1 heterocycles. The lowest BCUT2D eigenvalue weighted by Crippen LogP contribution is -2.32. The molecule has 1 aromatic heterocycles. The lowest BCUT2D eigenvalue weighted by Gasteiger charge is -2.20. The van der Waals surface area contributed by atoms with Crippen molar-refractivity contribution in [1.82, 2.24) is 9.78 Å². The van der Waals surface area contributed by atoms with Crippen molar-refractivity contribution >= 4 is 46.8 Å². The second-order valence-corrected chi connectivity index (χ2v) is 7.74. The molecule has 28 heavy (non-hydrogen) atoms. The number of halogens is 4. The number of rotatable bonds is 10. The van der Waals surface area contributed by atoms with E-state index in [1.807, 2.05) is 0 Å². The minimum absolute atomic E-state index is 0.104. The summed E-state index contributed by atoms with van der Waals surface area (Å²) in [4.78, 5) is 17.4. The lowest BCUT2D eigenvalue weighted by atomic mass is 10.3. The summed E-state index contributed by atoms with van der Waals surface area (Å²) in [6, 6.07) is 0. The van der Waals surface area contributed by atoms with E-state index in [0.29, 0.717) is 11.4 Å². The Morgan fingerprint density at radius 3 is 2.75 bits per heavy atom. The van der Waals surface area contributed by atoms with E-state index < -0.39 is 29.5 Å². The van der Waals surface area contributed by atoms with Gasteiger partial charge in [0.15, 0.2) is 5.15 Å². The zero-order chi connectivity index (χ0) is 21.3. The van der Waals surface area contributed by atoms with E-state index in [1.165, 1.54) is 15.8 Å². The molecule has 1 unspecified atom stereocenters. The van der Waals surface area contributed by atoms with Crippen LogP contribution in [0.1, 0.15) is 26.7 Å². The van der Waals surface area contributed by atoms with Crippen LogP contribution in [0.2, 0.25) is 5.15 Å². The van der Waals surface area contributed by atoms with Gasteiger partial charge >= 0.3 is 6.18 Å². The molecule has 0 aliphatic carbocycles. The van der Waals surface area contributed by atoms with Crippen molar-refractivity contribution in [1.29, 1.82) is 0 Å². The van der Waals surface area contributed by atoms with E-state index in [4.69, 9.17) is 11.6 Å². The minimum Gasteiger partial charge on any atom is -0.616 e. The predicted molar refractivity (Wildman–Crippen MR) is 107 cm³/mol. The summed E-state index contributed by atoms with van der Waals surface area (Å²) in [5.41, 5.74) is 1.08. The molecule has 0 radical (unpaired) electrons. The van der Waals surface area contributed by atoms with Crippen molar-refractivity contribution in [2.75, 3.05) is 23.0 Å². The van der Waals surface area contributed by atoms with Gasteiger partial charge in [-0.25, -0.2) is 4.68 Å². The van der Waals surface area contributed by atoms with Crippen molar-refractivity contribution in [3.63, 3.8) is 0 Å². The quantitative estimate of drug-likeness (QED) is 0.314. The predicted octanol–water partition coefficient (Wildman–Crippen LogP) is 4.06. The molecule has 156 valence electrons. The maximum absolute atomic E-state index is 12.5. The molecule has 0 N–H and O–H groups in total. The Hall–Kier alpha value is -1.78. The number of hydrogen-bond acceptors (Lipinski definition) is 4. The summed E-state index contributed by atoms with van der Waals surface area (Å²) in [6.07, 6.45) is 0.815. The summed E-state index contributed by atoms with van der Waals surface area (Å²) < 4.78 is 49.7. The number of aliphatic imine (C=N–C) groups is 1. The normalized spacial score (nSPS) is 13.8. The molecular formula is C17H22ClF3N4O2S. The van der Waals surface area contributed by atoms with Crippen LogP contribution in [-0.4, -0.2) is 51.2 Å². The number of anilines is 1. The molecule has 0 bridgehead atoms. The van der Waals surface area contributed by atoms with Gasteiger partial charge in [-0.15, -0.1) is 0 Å². The first-order chi connectivity index (χ1) is 13.1. The zero-order valence-electron chi connectivity index (χ0n) is 15.6. The van der Waals surface area contributed by atoms with Gasteiger partial charge in [0, 0.05) is 18.4 Å². The maximum atomic E-state index is 12.5. The Bertz CT molecular complexity index is 734. The van der Waals surface area contributed by atoms with Gasteiger partial charge in [0.1, 0.15) is 17.2 Å². The van der Waals surface area contributed by atoms with Gasteiger partial charge in [-0.2, -0.15) is 18.3 Å². The van der Waals surface area contributed by atoms with E-state index in [9.17, 15) is 22.5 Å². The second kappa shape index (κ2) is 11.3. The molecule has 1 atom stereocenters. The van der Waals surface area contributed by atoms with Gasteiger partial charge < -0.3 is 9.45 Å². The Morgan fingerprint density at radius 2 is 2.18 bits per heavy atom. The molecule has 0 saturated carbocycles. The highest BCUT2D eigenvalue weighted by Gasteiger charge is 2.30. The van der Waals surface area contributed by atoms with Crippen LogP contribution in [0, 0.1) is 0 Å². The molecule has 11 heteroatoms. The van der Waals surface area contributed by atoms with Gasteiger partial charge in [-0.3, -0.25) is 9.79 Å². The third kappa shape index (κ3) is 8.07. The average Bonchev–Trinajstić information content (AvgIpc) is 3.00. The second-order valence-electron chi connectivity index (χ2n) is 5.68. The van der Waals surface area contributed by atoms with Crippen LogP contribution in [0.25, 0.3) is 5.70 Å². The Morgan fingerprint density at radius 1 is 1.50 bits per heavy atom. The molecule has 0 spiro atoms. The molecule has 1 amide bonds. The van der Waals surface area contributed by atoms with Gasteiger partial charge in [-0.05, 0) is 32.7 Å². The topological polar surface area (TPSA) is 73.5 Å². The van der Waals surface area contributed by atoms with Crippen LogP contribution in [0.4, 0.5) is 18.9 Å². The van der Waals surface area contributed by atoms with Crippen LogP contribution < -0.4 is 4.90 Å². The SMILES string of the molecule is C=N/C=C\C=C(/C)n1cc(N(CC)C(=O)CC[S+]([O-])CCC(F)(F)F)c(Cl)n1. The zero-order valence-corrected chi connectivity index (χ0v) is 17.1. The molecule has 0 aliphatic rings. The highest BCUT2D eigenvalue weighted by atomic mass is 35.5. The highest BCUT2D eigenvalue weighted by Crippen LogP contribution is 2.26. The fourth-order valence-corrected chi connectivity index (χ4v) is 3.47. The first-order valence-corrected chi connectivity index (χ1v) is 10.2. The molecule has 0 aliphatic heterocycles. The molecule has 0 fully saturated rings. The summed E-state index contributed by atoms with van der Waals surface area (Å²) in [5, 5.41) is 4.25. The molecule has 1 aromatic rings.